The van der Waals surface area contributed by atoms with E-state index in [-0.39, 0.29) is 28.5 Å². The maximum atomic E-state index is 11.5. The summed E-state index contributed by atoms with van der Waals surface area (Å²) in [6.07, 6.45) is 0.512. The summed E-state index contributed by atoms with van der Waals surface area (Å²) < 4.78 is 24.7. The molecule has 1 saturated heterocycles. The summed E-state index contributed by atoms with van der Waals surface area (Å²) in [7, 11) is -2.98. The first kappa shape index (κ1) is 16.8. The predicted octanol–water partition coefficient (Wildman–Crippen LogP) is 2.51. The molecule has 7 nitrogen and oxygen atoms in total. The van der Waals surface area contributed by atoms with Crippen LogP contribution in [0.15, 0.2) is 34.5 Å². The molecule has 3 rings (SSSR count). The van der Waals surface area contributed by atoms with E-state index in [1.807, 2.05) is 31.2 Å². The third-order valence-electron chi connectivity index (χ3n) is 4.03. The Kier molecular flexibility index (Phi) is 4.55. The van der Waals surface area contributed by atoms with Gasteiger partial charge in [-0.15, -0.1) is 10.2 Å². The van der Waals surface area contributed by atoms with Crippen molar-refractivity contribution in [3.05, 3.63) is 24.3 Å². The van der Waals surface area contributed by atoms with Crippen molar-refractivity contribution < 1.29 is 13.5 Å². The third kappa shape index (κ3) is 3.27. The Balaban J connectivity index is 1.81. The lowest BCUT2D eigenvalue weighted by Crippen LogP contribution is -2.33. The summed E-state index contributed by atoms with van der Waals surface area (Å²) >= 11 is 5.11. The standard InChI is InChI=1S/C15H18N4O3S2/c1-2-19-12-6-4-3-5-11(12)13(14(19)20)17-18-15(23)16-10-7-8-24(21,22)9-10/h3-6,10,20H,2,7-9H2,1H3,(H,16,23). The van der Waals surface area contributed by atoms with Crippen LogP contribution >= 0.6 is 12.2 Å². The summed E-state index contributed by atoms with van der Waals surface area (Å²) in [5.41, 5.74) is 1.22. The van der Waals surface area contributed by atoms with E-state index < -0.39 is 9.84 Å². The summed E-state index contributed by atoms with van der Waals surface area (Å²) in [5, 5.41) is 22.2. The van der Waals surface area contributed by atoms with Crippen LogP contribution in [0.3, 0.4) is 0 Å². The highest BCUT2D eigenvalue weighted by molar-refractivity contribution is 7.91. The van der Waals surface area contributed by atoms with Gasteiger partial charge in [-0.3, -0.25) is 0 Å². The van der Waals surface area contributed by atoms with Gasteiger partial charge in [-0.1, -0.05) is 18.2 Å². The van der Waals surface area contributed by atoms with Gasteiger partial charge in [-0.05, 0) is 31.6 Å². The molecular formula is C15H18N4O3S2. The molecule has 2 N–H and O–H groups in total. The van der Waals surface area contributed by atoms with Gasteiger partial charge in [-0.2, -0.15) is 0 Å². The van der Waals surface area contributed by atoms with Gasteiger partial charge in [0.15, 0.2) is 15.5 Å². The van der Waals surface area contributed by atoms with E-state index >= 15 is 0 Å². The third-order valence-corrected chi connectivity index (χ3v) is 6.00. The minimum Gasteiger partial charge on any atom is -0.493 e. The van der Waals surface area contributed by atoms with Crippen LogP contribution in [0.1, 0.15) is 13.3 Å². The lowest BCUT2D eigenvalue weighted by Gasteiger charge is -2.08. The first-order chi connectivity index (χ1) is 11.4. The van der Waals surface area contributed by atoms with E-state index in [4.69, 9.17) is 12.2 Å². The molecule has 1 aromatic heterocycles. The molecule has 0 radical (unpaired) electrons. The number of para-hydroxylation sites is 1. The number of nitrogens with one attached hydrogen (secondary N) is 1. The van der Waals surface area contributed by atoms with Crippen molar-refractivity contribution in [3.8, 4) is 5.88 Å². The molecule has 9 heteroatoms. The van der Waals surface area contributed by atoms with E-state index in [2.05, 4.69) is 15.5 Å². The molecule has 1 aromatic carbocycles. The van der Waals surface area contributed by atoms with E-state index in [0.717, 1.165) is 10.9 Å². The van der Waals surface area contributed by atoms with Crippen molar-refractivity contribution in [2.24, 2.45) is 10.2 Å². The van der Waals surface area contributed by atoms with Crippen molar-refractivity contribution >= 4 is 43.8 Å². The quantitative estimate of drug-likeness (QED) is 0.643. The lowest BCUT2D eigenvalue weighted by molar-refractivity contribution is 0.427. The second-order valence-electron chi connectivity index (χ2n) is 5.68. The number of hydrogen-bond acceptors (Lipinski definition) is 5. The molecular weight excluding hydrogens is 348 g/mol. The summed E-state index contributed by atoms with van der Waals surface area (Å²) in [6.45, 7) is 2.53. The number of aryl methyl sites for hydroxylation is 1. The molecule has 24 heavy (non-hydrogen) atoms. The van der Waals surface area contributed by atoms with Crippen molar-refractivity contribution in [1.82, 2.24) is 9.88 Å². The van der Waals surface area contributed by atoms with Gasteiger partial charge in [0.25, 0.3) is 0 Å². The number of azo groups is 1. The van der Waals surface area contributed by atoms with Gasteiger partial charge >= 0.3 is 0 Å². The maximum Gasteiger partial charge on any atom is 0.220 e. The minimum atomic E-state index is -2.98. The van der Waals surface area contributed by atoms with Crippen molar-refractivity contribution in [2.45, 2.75) is 25.9 Å². The van der Waals surface area contributed by atoms with Gasteiger partial charge in [0.1, 0.15) is 0 Å². The molecule has 1 aliphatic heterocycles. The highest BCUT2D eigenvalue weighted by Gasteiger charge is 2.28. The lowest BCUT2D eigenvalue weighted by atomic mass is 10.2. The molecule has 2 aromatic rings. The highest BCUT2D eigenvalue weighted by Crippen LogP contribution is 2.38. The molecule has 0 bridgehead atoms. The molecule has 128 valence electrons. The first-order valence-corrected chi connectivity index (χ1v) is 9.87. The first-order valence-electron chi connectivity index (χ1n) is 7.64. The smallest absolute Gasteiger partial charge is 0.220 e. The molecule has 0 aliphatic carbocycles. The average molecular weight is 366 g/mol. The molecule has 1 atom stereocenters. The number of nitrogens with zero attached hydrogens (tertiary/aromatic N) is 3. The Labute approximate surface area is 145 Å². The number of fused-ring (bicyclic) bond motifs is 1. The SMILES string of the molecule is CCn1c(O)c(N=NC(=S)NC2CCS(=O)(=O)C2)c2ccccc21. The minimum absolute atomic E-state index is 0.0358. The van der Waals surface area contributed by atoms with Crippen LogP contribution in [0.2, 0.25) is 0 Å². The maximum absolute atomic E-state index is 11.5. The second kappa shape index (κ2) is 6.48. The zero-order valence-corrected chi connectivity index (χ0v) is 14.8. The van der Waals surface area contributed by atoms with Crippen LogP contribution in [0.4, 0.5) is 5.69 Å². The van der Waals surface area contributed by atoms with Crippen LogP contribution in [0.25, 0.3) is 10.9 Å². The zero-order chi connectivity index (χ0) is 17.3. The fourth-order valence-electron chi connectivity index (χ4n) is 2.90. The van der Waals surface area contributed by atoms with Crippen LogP contribution in [-0.4, -0.2) is 40.8 Å². The number of benzene rings is 1. The molecule has 1 unspecified atom stereocenters. The van der Waals surface area contributed by atoms with Crippen LogP contribution in [-0.2, 0) is 16.4 Å². The van der Waals surface area contributed by atoms with Crippen molar-refractivity contribution in [2.75, 3.05) is 11.5 Å². The number of sulfone groups is 1. The van der Waals surface area contributed by atoms with E-state index in [1.54, 1.807) is 4.57 Å². The van der Waals surface area contributed by atoms with Crippen LogP contribution < -0.4 is 5.32 Å². The van der Waals surface area contributed by atoms with Crippen LogP contribution in [0.5, 0.6) is 5.88 Å². The summed E-state index contributed by atoms with van der Waals surface area (Å²) in [6, 6.07) is 7.28. The Morgan fingerprint density at radius 2 is 2.21 bits per heavy atom. The van der Waals surface area contributed by atoms with Gasteiger partial charge < -0.3 is 15.0 Å². The summed E-state index contributed by atoms with van der Waals surface area (Å²) in [5.74, 6) is 0.256. The Morgan fingerprint density at radius 1 is 1.46 bits per heavy atom. The Morgan fingerprint density at radius 3 is 2.88 bits per heavy atom. The Bertz CT molecular complexity index is 918. The fourth-order valence-corrected chi connectivity index (χ4v) is 4.78. The van der Waals surface area contributed by atoms with Crippen molar-refractivity contribution in [3.63, 3.8) is 0 Å². The second-order valence-corrected chi connectivity index (χ2v) is 8.30. The summed E-state index contributed by atoms with van der Waals surface area (Å²) in [4.78, 5) is 0. The van der Waals surface area contributed by atoms with Crippen LogP contribution in [0, 0.1) is 0 Å². The normalized spacial score (nSPS) is 20.0. The monoisotopic (exact) mass is 366 g/mol. The van der Waals surface area contributed by atoms with E-state index in [9.17, 15) is 13.5 Å². The molecule has 2 heterocycles. The van der Waals surface area contributed by atoms with E-state index in [1.165, 1.54) is 0 Å². The molecule has 1 fully saturated rings. The molecule has 0 spiro atoms. The molecule has 0 saturated carbocycles. The molecule has 0 amide bonds. The predicted molar refractivity (Wildman–Crippen MR) is 96.6 cm³/mol. The number of hydrogen-bond donors (Lipinski definition) is 2. The Hall–Kier alpha value is -2.00. The van der Waals surface area contributed by atoms with Crippen molar-refractivity contribution in [1.29, 1.82) is 0 Å². The molecule has 1 aliphatic rings. The fraction of sp³-hybridized carbons (Fsp3) is 0.400. The number of aromatic nitrogens is 1. The number of thiocarbonyl (C=S) groups is 1. The van der Waals surface area contributed by atoms with Gasteiger partial charge in [0.05, 0.1) is 17.0 Å². The van der Waals surface area contributed by atoms with Gasteiger partial charge in [0.2, 0.25) is 11.0 Å². The number of rotatable bonds is 3. The largest absolute Gasteiger partial charge is 0.493 e. The van der Waals surface area contributed by atoms with E-state index in [0.29, 0.717) is 18.7 Å². The number of aromatic hydroxyl groups is 1. The highest BCUT2D eigenvalue weighted by atomic mass is 32.2. The average Bonchev–Trinajstić information content (AvgIpc) is 3.01. The topological polar surface area (TPSA) is 96.0 Å². The zero-order valence-electron chi connectivity index (χ0n) is 13.1. The van der Waals surface area contributed by atoms with Gasteiger partial charge in [-0.25, -0.2) is 8.42 Å². The van der Waals surface area contributed by atoms with Gasteiger partial charge in [0, 0.05) is 18.0 Å².